The summed E-state index contributed by atoms with van der Waals surface area (Å²) < 4.78 is 0. The fourth-order valence-electron chi connectivity index (χ4n) is 2.23. The molecule has 1 aromatic rings. The number of nitrogens with zero attached hydrogens (tertiary/aromatic N) is 1. The van der Waals surface area contributed by atoms with E-state index in [1.54, 1.807) is 18.2 Å². The van der Waals surface area contributed by atoms with Crippen LogP contribution in [0.5, 0.6) is 0 Å². The largest absolute Gasteiger partial charge is 0.355 e. The Balaban J connectivity index is 3.11. The van der Waals surface area contributed by atoms with Crippen molar-refractivity contribution in [1.29, 1.82) is 0 Å². The van der Waals surface area contributed by atoms with Crippen molar-refractivity contribution >= 4 is 41.0 Å². The van der Waals surface area contributed by atoms with E-state index in [0.29, 0.717) is 36.9 Å². The number of halogens is 1. The number of Topliss-reactive ketones (excluding diaryl/α,β-unsaturated/α-hetero) is 2. The van der Waals surface area contributed by atoms with Crippen LogP contribution in [0.4, 0.5) is 5.69 Å². The van der Waals surface area contributed by atoms with Gasteiger partial charge in [0, 0.05) is 26.1 Å². The minimum Gasteiger partial charge on any atom is -0.355 e. The van der Waals surface area contributed by atoms with Crippen LogP contribution in [0.25, 0.3) is 0 Å². The third kappa shape index (κ3) is 5.27. The summed E-state index contributed by atoms with van der Waals surface area (Å²) in [7, 11) is 1.51. The molecule has 1 N–H and O–H groups in total. The molecule has 130 valence electrons. The van der Waals surface area contributed by atoms with Crippen molar-refractivity contribution in [1.82, 2.24) is 5.32 Å². The fraction of sp³-hybridized carbons (Fsp3) is 0.444. The van der Waals surface area contributed by atoms with E-state index < -0.39 is 5.92 Å². The number of carbonyl (C=O) groups excluding carboxylic acids is 3. The zero-order chi connectivity index (χ0) is 18.1. The number of ketones is 2. The van der Waals surface area contributed by atoms with Crippen LogP contribution in [-0.4, -0.2) is 30.7 Å². The quantitative estimate of drug-likeness (QED) is 0.544. The van der Waals surface area contributed by atoms with Crippen LogP contribution in [0, 0.1) is 5.92 Å². The molecule has 1 rings (SSSR count). The Morgan fingerprint density at radius 1 is 1.17 bits per heavy atom. The molecule has 1 aromatic carbocycles. The highest BCUT2D eigenvalue weighted by atomic mass is 35.5. The smallest absolute Gasteiger partial charge is 0.252 e. The molecule has 5 nitrogen and oxygen atoms in total. The third-order valence-corrected chi connectivity index (χ3v) is 3.90. The molecular weight excluding hydrogens is 328 g/mol. The molecule has 0 unspecified atom stereocenters. The lowest BCUT2D eigenvalue weighted by molar-refractivity contribution is -0.129. The van der Waals surface area contributed by atoms with Gasteiger partial charge in [0.1, 0.15) is 17.5 Å². The lowest BCUT2D eigenvalue weighted by Crippen LogP contribution is -2.25. The highest BCUT2D eigenvalue weighted by molar-refractivity contribution is 6.36. The molecule has 1 amide bonds. The number of rotatable bonds is 9. The second-order valence-electron chi connectivity index (χ2n) is 5.41. The topological polar surface area (TPSA) is 75.6 Å². The molecule has 0 aliphatic carbocycles. The van der Waals surface area contributed by atoms with Crippen LogP contribution in [0.15, 0.2) is 23.2 Å². The van der Waals surface area contributed by atoms with Gasteiger partial charge < -0.3 is 5.32 Å². The average molecular weight is 351 g/mol. The molecule has 6 heteroatoms. The van der Waals surface area contributed by atoms with Crippen LogP contribution in [0.3, 0.4) is 0 Å². The van der Waals surface area contributed by atoms with E-state index in [2.05, 4.69) is 10.3 Å². The Labute approximate surface area is 147 Å². The Kier molecular flexibility index (Phi) is 8.33. The lowest BCUT2D eigenvalue weighted by Gasteiger charge is -2.10. The van der Waals surface area contributed by atoms with Crippen molar-refractivity contribution in [2.24, 2.45) is 10.9 Å². The molecule has 0 saturated heterocycles. The van der Waals surface area contributed by atoms with Crippen molar-refractivity contribution in [2.45, 2.75) is 39.5 Å². The molecule has 0 aliphatic heterocycles. The van der Waals surface area contributed by atoms with Crippen LogP contribution in [-0.2, 0) is 9.59 Å². The normalized spacial score (nSPS) is 11.0. The molecule has 0 radical (unpaired) electrons. The zero-order valence-corrected chi connectivity index (χ0v) is 15.0. The third-order valence-electron chi connectivity index (χ3n) is 3.50. The standard InChI is InChI=1S/C18H23ClN2O3/c1-4-7-15(22)13(16(23)8-5-2)11-21-14-10-6-9-12(17(14)19)18(24)20-3/h6,9-11,13H,4-5,7-8H2,1-3H3,(H,20,24). The van der Waals surface area contributed by atoms with Gasteiger partial charge in [0.15, 0.2) is 0 Å². The molecule has 0 saturated carbocycles. The summed E-state index contributed by atoms with van der Waals surface area (Å²) in [5.41, 5.74) is 0.654. The first-order valence-corrected chi connectivity index (χ1v) is 8.44. The van der Waals surface area contributed by atoms with Crippen molar-refractivity contribution < 1.29 is 14.4 Å². The van der Waals surface area contributed by atoms with Crippen molar-refractivity contribution in [3.8, 4) is 0 Å². The molecular formula is C18H23ClN2O3. The number of aliphatic imine (C=N–C) groups is 1. The maximum absolute atomic E-state index is 12.2. The summed E-state index contributed by atoms with van der Waals surface area (Å²) in [6, 6.07) is 4.87. The van der Waals surface area contributed by atoms with E-state index in [0.717, 1.165) is 0 Å². The molecule has 24 heavy (non-hydrogen) atoms. The van der Waals surface area contributed by atoms with E-state index in [1.165, 1.54) is 13.3 Å². The van der Waals surface area contributed by atoms with Gasteiger partial charge in [0.25, 0.3) is 5.91 Å². The summed E-state index contributed by atoms with van der Waals surface area (Å²) in [6.07, 6.45) is 3.37. The lowest BCUT2D eigenvalue weighted by atomic mass is 9.94. The SMILES string of the molecule is CCCC(=O)C(C=Nc1cccc(C(=O)NC)c1Cl)C(=O)CCC. The number of carbonyl (C=O) groups is 3. The van der Waals surface area contributed by atoms with Crippen LogP contribution < -0.4 is 5.32 Å². The molecule has 0 aromatic heterocycles. The van der Waals surface area contributed by atoms with Gasteiger partial charge in [-0.3, -0.25) is 19.4 Å². The van der Waals surface area contributed by atoms with Crippen molar-refractivity contribution in [3.63, 3.8) is 0 Å². The van der Waals surface area contributed by atoms with Gasteiger partial charge in [-0.05, 0) is 25.0 Å². The van der Waals surface area contributed by atoms with Gasteiger partial charge in [0.2, 0.25) is 0 Å². The average Bonchev–Trinajstić information content (AvgIpc) is 2.56. The Bertz CT molecular complexity index is 623. The maximum Gasteiger partial charge on any atom is 0.252 e. The summed E-state index contributed by atoms with van der Waals surface area (Å²) in [5.74, 6) is -1.46. The van der Waals surface area contributed by atoms with Gasteiger partial charge in [-0.15, -0.1) is 0 Å². The number of hydrogen-bond acceptors (Lipinski definition) is 4. The summed E-state index contributed by atoms with van der Waals surface area (Å²) in [5, 5.41) is 2.69. The second-order valence-corrected chi connectivity index (χ2v) is 5.78. The number of benzene rings is 1. The van der Waals surface area contributed by atoms with Gasteiger partial charge >= 0.3 is 0 Å². The molecule has 0 fully saturated rings. The number of nitrogens with one attached hydrogen (secondary N) is 1. The molecule has 0 atom stereocenters. The zero-order valence-electron chi connectivity index (χ0n) is 14.3. The molecule has 0 spiro atoms. The van der Waals surface area contributed by atoms with E-state index in [1.807, 2.05) is 13.8 Å². The van der Waals surface area contributed by atoms with Crippen LogP contribution >= 0.6 is 11.6 Å². The van der Waals surface area contributed by atoms with Gasteiger partial charge in [-0.1, -0.05) is 31.5 Å². The van der Waals surface area contributed by atoms with E-state index in [4.69, 9.17) is 11.6 Å². The van der Waals surface area contributed by atoms with E-state index in [9.17, 15) is 14.4 Å². The molecule has 0 bridgehead atoms. The minimum atomic E-state index is -0.857. The summed E-state index contributed by atoms with van der Waals surface area (Å²) >= 11 is 6.20. The first-order chi connectivity index (χ1) is 11.5. The summed E-state index contributed by atoms with van der Waals surface area (Å²) in [6.45, 7) is 3.78. The second kappa shape index (κ2) is 9.98. The number of hydrogen-bond donors (Lipinski definition) is 1. The highest BCUT2D eigenvalue weighted by Gasteiger charge is 2.23. The Hall–Kier alpha value is -2.01. The first kappa shape index (κ1) is 20.0. The minimum absolute atomic E-state index is 0.140. The Morgan fingerprint density at radius 2 is 1.75 bits per heavy atom. The van der Waals surface area contributed by atoms with Gasteiger partial charge in [-0.2, -0.15) is 0 Å². The number of amides is 1. The molecule has 0 heterocycles. The highest BCUT2D eigenvalue weighted by Crippen LogP contribution is 2.28. The monoisotopic (exact) mass is 350 g/mol. The predicted octanol–water partition coefficient (Wildman–Crippen LogP) is 3.76. The van der Waals surface area contributed by atoms with E-state index >= 15 is 0 Å². The van der Waals surface area contributed by atoms with Crippen molar-refractivity contribution in [2.75, 3.05) is 7.05 Å². The first-order valence-electron chi connectivity index (χ1n) is 8.06. The molecule has 0 aliphatic rings. The van der Waals surface area contributed by atoms with Crippen LogP contribution in [0.1, 0.15) is 49.9 Å². The van der Waals surface area contributed by atoms with E-state index in [-0.39, 0.29) is 22.5 Å². The van der Waals surface area contributed by atoms with Gasteiger partial charge in [-0.25, -0.2) is 0 Å². The van der Waals surface area contributed by atoms with Crippen molar-refractivity contribution in [3.05, 3.63) is 28.8 Å². The predicted molar refractivity (Wildman–Crippen MR) is 96.3 cm³/mol. The maximum atomic E-state index is 12.2. The van der Waals surface area contributed by atoms with Crippen LogP contribution in [0.2, 0.25) is 5.02 Å². The Morgan fingerprint density at radius 3 is 2.25 bits per heavy atom. The fourth-order valence-corrected chi connectivity index (χ4v) is 2.49. The van der Waals surface area contributed by atoms with Gasteiger partial charge in [0.05, 0.1) is 16.3 Å². The summed E-state index contributed by atoms with van der Waals surface area (Å²) in [4.78, 5) is 40.3.